The van der Waals surface area contributed by atoms with E-state index in [1.165, 1.54) is 32.3 Å². The third-order valence-electron chi connectivity index (χ3n) is 4.74. The first-order valence-electron chi connectivity index (χ1n) is 8.36. The predicted molar refractivity (Wildman–Crippen MR) is 98.3 cm³/mol. The maximum Gasteiger partial charge on any atom is 0.251 e. The van der Waals surface area contributed by atoms with E-state index in [4.69, 9.17) is 0 Å². The number of hydrogen-bond donors (Lipinski definition) is 2. The van der Waals surface area contributed by atoms with Gasteiger partial charge in [-0.15, -0.1) is 0 Å². The zero-order valence-electron chi connectivity index (χ0n) is 14.8. The third kappa shape index (κ3) is 3.38. The molecule has 0 spiro atoms. The van der Waals surface area contributed by atoms with Crippen LogP contribution in [0.25, 0.3) is 0 Å². The molecule has 1 atom stereocenters. The van der Waals surface area contributed by atoms with Crippen molar-refractivity contribution in [3.05, 3.63) is 65.2 Å². The molecule has 0 heterocycles. The van der Waals surface area contributed by atoms with Gasteiger partial charge < -0.3 is 10.4 Å². The van der Waals surface area contributed by atoms with Gasteiger partial charge in [0, 0.05) is 19.7 Å². The van der Waals surface area contributed by atoms with Crippen LogP contribution in [0.5, 0.6) is 0 Å². The molecule has 26 heavy (non-hydrogen) atoms. The van der Waals surface area contributed by atoms with Gasteiger partial charge in [-0.25, -0.2) is 12.7 Å². The second kappa shape index (κ2) is 6.83. The lowest BCUT2D eigenvalue weighted by Gasteiger charge is -2.24. The molecule has 1 amide bonds. The van der Waals surface area contributed by atoms with Crippen molar-refractivity contribution in [2.24, 2.45) is 0 Å². The van der Waals surface area contributed by atoms with Gasteiger partial charge in [0.05, 0.1) is 11.4 Å². The topological polar surface area (TPSA) is 86.7 Å². The summed E-state index contributed by atoms with van der Waals surface area (Å²) < 4.78 is 25.5. The van der Waals surface area contributed by atoms with Crippen molar-refractivity contribution in [3.63, 3.8) is 0 Å². The van der Waals surface area contributed by atoms with Gasteiger partial charge in [0.2, 0.25) is 10.0 Å². The zero-order valence-corrected chi connectivity index (χ0v) is 15.6. The summed E-state index contributed by atoms with van der Waals surface area (Å²) in [6.45, 7) is 0.0769. The molecule has 3 rings (SSSR count). The number of nitrogens with one attached hydrogen (secondary N) is 1. The van der Waals surface area contributed by atoms with Crippen LogP contribution < -0.4 is 5.32 Å². The fraction of sp³-hybridized carbons (Fsp3) is 0.316. The largest absolute Gasteiger partial charge is 0.383 e. The van der Waals surface area contributed by atoms with Crippen molar-refractivity contribution in [1.82, 2.24) is 9.62 Å². The molecule has 0 aliphatic heterocycles. The number of sulfonamides is 1. The molecule has 2 N–H and O–H groups in total. The average Bonchev–Trinajstić information content (AvgIpc) is 2.97. The molecular formula is C19H22N2O4S. The second-order valence-corrected chi connectivity index (χ2v) is 8.84. The van der Waals surface area contributed by atoms with Gasteiger partial charge >= 0.3 is 0 Å². The van der Waals surface area contributed by atoms with Crippen molar-refractivity contribution in [2.75, 3.05) is 20.6 Å². The van der Waals surface area contributed by atoms with Gasteiger partial charge in [0.25, 0.3) is 5.91 Å². The van der Waals surface area contributed by atoms with Crippen LogP contribution in [0, 0.1) is 0 Å². The first-order chi connectivity index (χ1) is 12.2. The monoisotopic (exact) mass is 374 g/mol. The van der Waals surface area contributed by atoms with Crippen molar-refractivity contribution in [2.45, 2.75) is 23.3 Å². The molecule has 0 unspecified atom stereocenters. The standard InChI is InChI=1S/C19H22N2O4S/c1-21(2)26(24,25)16-8-5-7-15(12-16)18(22)20-13-19(23)11-10-14-6-3-4-9-17(14)19/h3-9,12,23H,10-11,13H2,1-2H3,(H,20,22)/t19-/m1/s1. The number of aryl methyl sites for hydroxylation is 1. The molecule has 2 aromatic rings. The van der Waals surface area contributed by atoms with Gasteiger partial charge in [0.15, 0.2) is 0 Å². The summed E-state index contributed by atoms with van der Waals surface area (Å²) in [5.41, 5.74) is 1.06. The molecule has 1 aliphatic carbocycles. The van der Waals surface area contributed by atoms with Gasteiger partial charge in [-0.2, -0.15) is 0 Å². The number of rotatable bonds is 5. The molecule has 0 fully saturated rings. The normalized spacial score (nSPS) is 19.4. The molecule has 0 saturated carbocycles. The highest BCUT2D eigenvalue weighted by Gasteiger charge is 2.36. The van der Waals surface area contributed by atoms with E-state index in [9.17, 15) is 18.3 Å². The quantitative estimate of drug-likeness (QED) is 0.830. The van der Waals surface area contributed by atoms with Crippen LogP contribution in [0.3, 0.4) is 0 Å². The van der Waals surface area contributed by atoms with Crippen molar-refractivity contribution >= 4 is 15.9 Å². The maximum atomic E-state index is 12.5. The molecular weight excluding hydrogens is 352 g/mol. The average molecular weight is 374 g/mol. The van der Waals surface area contributed by atoms with Crippen molar-refractivity contribution in [1.29, 1.82) is 0 Å². The van der Waals surface area contributed by atoms with Gasteiger partial charge in [-0.05, 0) is 42.2 Å². The number of carbonyl (C=O) groups is 1. The number of benzene rings is 2. The molecule has 0 bridgehead atoms. The SMILES string of the molecule is CN(C)S(=O)(=O)c1cccc(C(=O)NC[C@]2(O)CCc3ccccc32)c1. The van der Waals surface area contributed by atoms with Crippen LogP contribution in [-0.4, -0.2) is 44.4 Å². The van der Waals surface area contributed by atoms with E-state index in [1.54, 1.807) is 6.07 Å². The van der Waals surface area contributed by atoms with Crippen molar-refractivity contribution < 1.29 is 18.3 Å². The Morgan fingerprint density at radius 2 is 1.92 bits per heavy atom. The van der Waals surface area contributed by atoms with Crippen LogP contribution in [-0.2, 0) is 22.0 Å². The summed E-state index contributed by atoms with van der Waals surface area (Å²) in [6.07, 6.45) is 1.31. The summed E-state index contributed by atoms with van der Waals surface area (Å²) in [5.74, 6) is -0.418. The van der Waals surface area contributed by atoms with Crippen LogP contribution in [0.4, 0.5) is 0 Å². The molecule has 2 aromatic carbocycles. The Balaban J connectivity index is 1.76. The highest BCUT2D eigenvalue weighted by Crippen LogP contribution is 2.36. The number of hydrogen-bond acceptors (Lipinski definition) is 4. The number of carbonyl (C=O) groups excluding carboxylic acids is 1. The number of fused-ring (bicyclic) bond motifs is 1. The van der Waals surface area contributed by atoms with Crippen molar-refractivity contribution in [3.8, 4) is 0 Å². The molecule has 0 aromatic heterocycles. The first kappa shape index (κ1) is 18.6. The summed E-state index contributed by atoms with van der Waals surface area (Å²) in [7, 11) is -0.732. The fourth-order valence-electron chi connectivity index (χ4n) is 3.19. The van der Waals surface area contributed by atoms with E-state index in [1.807, 2.05) is 24.3 Å². The molecule has 7 heteroatoms. The Hall–Kier alpha value is -2.22. The lowest BCUT2D eigenvalue weighted by molar-refractivity contribution is 0.0369. The predicted octanol–water partition coefficient (Wildman–Crippen LogP) is 1.50. The summed E-state index contributed by atoms with van der Waals surface area (Å²) in [5, 5.41) is 13.6. The van der Waals surface area contributed by atoms with Gasteiger partial charge in [-0.3, -0.25) is 4.79 Å². The van der Waals surface area contributed by atoms with E-state index >= 15 is 0 Å². The van der Waals surface area contributed by atoms with E-state index in [0.717, 1.165) is 21.9 Å². The highest BCUT2D eigenvalue weighted by molar-refractivity contribution is 7.89. The summed E-state index contributed by atoms with van der Waals surface area (Å²) in [4.78, 5) is 12.5. The Kier molecular flexibility index (Phi) is 4.88. The Morgan fingerprint density at radius 3 is 2.65 bits per heavy atom. The lowest BCUT2D eigenvalue weighted by Crippen LogP contribution is -2.39. The minimum atomic E-state index is -3.61. The van der Waals surface area contributed by atoms with Gasteiger partial charge in [0.1, 0.15) is 5.60 Å². The van der Waals surface area contributed by atoms with Crippen LogP contribution in [0.2, 0.25) is 0 Å². The number of nitrogens with zero attached hydrogens (tertiary/aromatic N) is 1. The maximum absolute atomic E-state index is 12.5. The Bertz CT molecular complexity index is 940. The van der Waals surface area contributed by atoms with Crippen LogP contribution in [0.15, 0.2) is 53.4 Å². The molecule has 1 aliphatic rings. The Labute approximate surface area is 153 Å². The van der Waals surface area contributed by atoms with Crippen LogP contribution >= 0.6 is 0 Å². The highest BCUT2D eigenvalue weighted by atomic mass is 32.2. The molecule has 138 valence electrons. The molecule has 6 nitrogen and oxygen atoms in total. The Morgan fingerprint density at radius 1 is 1.19 bits per heavy atom. The zero-order chi connectivity index (χ0) is 18.9. The van der Waals surface area contributed by atoms with E-state index in [0.29, 0.717) is 6.42 Å². The van der Waals surface area contributed by atoms with Crippen LogP contribution in [0.1, 0.15) is 27.9 Å². The van der Waals surface area contributed by atoms with E-state index in [2.05, 4.69) is 5.32 Å². The lowest BCUT2D eigenvalue weighted by atomic mass is 9.96. The smallest absolute Gasteiger partial charge is 0.251 e. The third-order valence-corrected chi connectivity index (χ3v) is 6.55. The fourth-order valence-corrected chi connectivity index (χ4v) is 4.14. The first-order valence-corrected chi connectivity index (χ1v) is 9.80. The summed E-state index contributed by atoms with van der Waals surface area (Å²) in [6, 6.07) is 13.5. The number of aliphatic hydroxyl groups is 1. The summed E-state index contributed by atoms with van der Waals surface area (Å²) >= 11 is 0. The number of amides is 1. The minimum absolute atomic E-state index is 0.0556. The van der Waals surface area contributed by atoms with Gasteiger partial charge in [-0.1, -0.05) is 30.3 Å². The second-order valence-electron chi connectivity index (χ2n) is 6.69. The minimum Gasteiger partial charge on any atom is -0.383 e. The molecule has 0 saturated heterocycles. The van der Waals surface area contributed by atoms with E-state index < -0.39 is 21.5 Å². The van der Waals surface area contributed by atoms with E-state index in [-0.39, 0.29) is 17.0 Å². The molecule has 0 radical (unpaired) electrons.